The number of likely N-dealkylation sites (tertiary alicyclic amines) is 1. The van der Waals surface area contributed by atoms with Gasteiger partial charge in [0.25, 0.3) is 0 Å². The number of ether oxygens (including phenoxy) is 2. The summed E-state index contributed by atoms with van der Waals surface area (Å²) in [4.78, 5) is 11.6. The van der Waals surface area contributed by atoms with E-state index >= 15 is 0 Å². The van der Waals surface area contributed by atoms with Gasteiger partial charge in [0.2, 0.25) is 5.89 Å². The van der Waals surface area contributed by atoms with Crippen LogP contribution >= 0.6 is 0 Å². The maximum atomic E-state index is 5.52. The summed E-state index contributed by atoms with van der Waals surface area (Å²) in [6, 6.07) is 8.55. The number of methoxy groups -OCH3 is 1. The molecule has 1 aromatic carbocycles. The number of hydrogen-bond acceptors (Lipinski definition) is 7. The lowest BCUT2D eigenvalue weighted by Gasteiger charge is -2.29. The van der Waals surface area contributed by atoms with E-state index in [2.05, 4.69) is 42.8 Å². The summed E-state index contributed by atoms with van der Waals surface area (Å²) in [5, 5.41) is 10.8. The fourth-order valence-corrected chi connectivity index (χ4v) is 3.86. The second-order valence-electron chi connectivity index (χ2n) is 7.76. The summed E-state index contributed by atoms with van der Waals surface area (Å²) in [6.45, 7) is 10.5. The van der Waals surface area contributed by atoms with Crippen molar-refractivity contribution >= 4 is 5.96 Å². The monoisotopic (exact) mass is 444 g/mol. The number of aliphatic imine (C=N–C) groups is 1. The van der Waals surface area contributed by atoms with Gasteiger partial charge >= 0.3 is 0 Å². The standard InChI is InChI=1S/C23H36N6O3/c1-5-24-23(26-16-21-27-22(28-32-21)17(3)31-6-2)25-15-20(29-12-7-8-13-29)18-10-9-11-19(14-18)30-4/h9-11,14,17,20H,5-8,12-13,15-16H2,1-4H3,(H2,24,25,26). The van der Waals surface area contributed by atoms with Gasteiger partial charge in [-0.1, -0.05) is 17.3 Å². The highest BCUT2D eigenvalue weighted by Gasteiger charge is 2.24. The van der Waals surface area contributed by atoms with Gasteiger partial charge in [-0.25, -0.2) is 4.99 Å². The number of guanidine groups is 1. The highest BCUT2D eigenvalue weighted by molar-refractivity contribution is 5.79. The Morgan fingerprint density at radius 2 is 2.06 bits per heavy atom. The fraction of sp³-hybridized carbons (Fsp3) is 0.609. The van der Waals surface area contributed by atoms with E-state index in [9.17, 15) is 0 Å². The van der Waals surface area contributed by atoms with Crippen LogP contribution in [0.15, 0.2) is 33.8 Å². The number of hydrogen-bond donors (Lipinski definition) is 2. The molecule has 1 aliphatic rings. The zero-order valence-corrected chi connectivity index (χ0v) is 19.6. The molecule has 2 heterocycles. The molecule has 176 valence electrons. The summed E-state index contributed by atoms with van der Waals surface area (Å²) in [6.07, 6.45) is 2.26. The Labute approximate surface area is 190 Å². The van der Waals surface area contributed by atoms with Gasteiger partial charge < -0.3 is 24.6 Å². The normalized spacial score (nSPS) is 16.7. The van der Waals surface area contributed by atoms with Crippen LogP contribution < -0.4 is 15.4 Å². The maximum absolute atomic E-state index is 5.52. The van der Waals surface area contributed by atoms with Crippen LogP contribution in [-0.4, -0.2) is 60.9 Å². The van der Waals surface area contributed by atoms with Gasteiger partial charge in [-0.2, -0.15) is 4.98 Å². The lowest BCUT2D eigenvalue weighted by molar-refractivity contribution is 0.0683. The molecule has 9 heteroatoms. The van der Waals surface area contributed by atoms with Crippen molar-refractivity contribution in [3.05, 3.63) is 41.5 Å². The van der Waals surface area contributed by atoms with Crippen molar-refractivity contribution < 1.29 is 14.0 Å². The van der Waals surface area contributed by atoms with E-state index in [1.165, 1.54) is 18.4 Å². The number of rotatable bonds is 11. The largest absolute Gasteiger partial charge is 0.497 e. The van der Waals surface area contributed by atoms with Gasteiger partial charge in [0.1, 0.15) is 18.4 Å². The molecule has 0 bridgehead atoms. The van der Waals surface area contributed by atoms with E-state index in [1.54, 1.807) is 7.11 Å². The van der Waals surface area contributed by atoms with E-state index in [0.29, 0.717) is 24.9 Å². The van der Waals surface area contributed by atoms with Gasteiger partial charge in [0.05, 0.1) is 13.2 Å². The van der Waals surface area contributed by atoms with Crippen molar-refractivity contribution in [1.29, 1.82) is 0 Å². The van der Waals surface area contributed by atoms with E-state index in [-0.39, 0.29) is 12.1 Å². The Hall–Kier alpha value is -2.65. The van der Waals surface area contributed by atoms with Gasteiger partial charge in [0, 0.05) is 19.7 Å². The Bertz CT molecular complexity index is 850. The third-order valence-electron chi connectivity index (χ3n) is 5.50. The number of benzene rings is 1. The average Bonchev–Trinajstić information content (AvgIpc) is 3.50. The predicted octanol–water partition coefficient (Wildman–Crippen LogP) is 3.07. The molecule has 32 heavy (non-hydrogen) atoms. The highest BCUT2D eigenvalue weighted by Crippen LogP contribution is 2.27. The number of aromatic nitrogens is 2. The van der Waals surface area contributed by atoms with Crippen molar-refractivity contribution in [3.63, 3.8) is 0 Å². The van der Waals surface area contributed by atoms with Crippen molar-refractivity contribution in [2.45, 2.75) is 52.3 Å². The lowest BCUT2D eigenvalue weighted by atomic mass is 10.1. The lowest BCUT2D eigenvalue weighted by Crippen LogP contribution is -2.42. The van der Waals surface area contributed by atoms with Gasteiger partial charge in [-0.05, 0) is 64.4 Å². The zero-order valence-electron chi connectivity index (χ0n) is 19.6. The molecule has 2 atom stereocenters. The number of nitrogens with one attached hydrogen (secondary N) is 2. The topological polar surface area (TPSA) is 97.0 Å². The first-order chi connectivity index (χ1) is 15.6. The van der Waals surface area contributed by atoms with Crippen LogP contribution in [0.3, 0.4) is 0 Å². The minimum Gasteiger partial charge on any atom is -0.497 e. The molecule has 3 rings (SSSR count). The smallest absolute Gasteiger partial charge is 0.248 e. The Balaban J connectivity index is 1.67. The molecule has 1 fully saturated rings. The summed E-state index contributed by atoms with van der Waals surface area (Å²) in [5.74, 6) is 2.60. The molecule has 2 unspecified atom stereocenters. The molecule has 2 aromatic rings. The number of nitrogens with zero attached hydrogens (tertiary/aromatic N) is 4. The maximum Gasteiger partial charge on any atom is 0.248 e. The summed E-state index contributed by atoms with van der Waals surface area (Å²) < 4.78 is 16.3. The minimum absolute atomic E-state index is 0.197. The summed E-state index contributed by atoms with van der Waals surface area (Å²) >= 11 is 0. The van der Waals surface area contributed by atoms with Crippen molar-refractivity contribution in [2.75, 3.05) is 39.9 Å². The first-order valence-electron chi connectivity index (χ1n) is 11.5. The Morgan fingerprint density at radius 3 is 2.78 bits per heavy atom. The minimum atomic E-state index is -0.197. The van der Waals surface area contributed by atoms with Gasteiger partial charge in [-0.3, -0.25) is 4.90 Å². The van der Waals surface area contributed by atoms with Crippen LogP contribution in [0.2, 0.25) is 0 Å². The van der Waals surface area contributed by atoms with Gasteiger partial charge in [-0.15, -0.1) is 0 Å². The second-order valence-corrected chi connectivity index (χ2v) is 7.76. The first-order valence-corrected chi connectivity index (χ1v) is 11.5. The molecule has 0 radical (unpaired) electrons. The zero-order chi connectivity index (χ0) is 22.8. The molecule has 0 spiro atoms. The highest BCUT2D eigenvalue weighted by atomic mass is 16.5. The molecule has 9 nitrogen and oxygen atoms in total. The molecule has 1 aliphatic heterocycles. The van der Waals surface area contributed by atoms with Gasteiger partial charge in [0.15, 0.2) is 11.8 Å². The van der Waals surface area contributed by atoms with Crippen LogP contribution in [0.5, 0.6) is 5.75 Å². The van der Waals surface area contributed by atoms with Crippen molar-refractivity contribution in [2.24, 2.45) is 4.99 Å². The van der Waals surface area contributed by atoms with Crippen LogP contribution in [0.25, 0.3) is 0 Å². The van der Waals surface area contributed by atoms with Crippen LogP contribution in [-0.2, 0) is 11.3 Å². The summed E-state index contributed by atoms with van der Waals surface area (Å²) in [7, 11) is 1.70. The average molecular weight is 445 g/mol. The van der Waals surface area contributed by atoms with E-state index in [0.717, 1.165) is 37.9 Å². The molecule has 0 amide bonds. The van der Waals surface area contributed by atoms with Crippen LogP contribution in [0.4, 0.5) is 0 Å². The third kappa shape index (κ3) is 6.67. The van der Waals surface area contributed by atoms with Crippen LogP contribution in [0.1, 0.15) is 63.0 Å². The second kappa shape index (κ2) is 12.4. The van der Waals surface area contributed by atoms with Crippen molar-refractivity contribution in [3.8, 4) is 5.75 Å². The van der Waals surface area contributed by atoms with E-state index < -0.39 is 0 Å². The quantitative estimate of drug-likeness (QED) is 0.403. The molecule has 1 aromatic heterocycles. The Kier molecular flexibility index (Phi) is 9.30. The van der Waals surface area contributed by atoms with E-state index in [1.807, 2.05) is 32.9 Å². The molecule has 0 saturated carbocycles. The molecular weight excluding hydrogens is 408 g/mol. The molecule has 2 N–H and O–H groups in total. The predicted molar refractivity (Wildman–Crippen MR) is 124 cm³/mol. The van der Waals surface area contributed by atoms with Crippen LogP contribution in [0, 0.1) is 0 Å². The molecule has 1 saturated heterocycles. The molecular formula is C23H36N6O3. The van der Waals surface area contributed by atoms with E-state index in [4.69, 9.17) is 14.0 Å². The molecule has 0 aliphatic carbocycles. The SMILES string of the molecule is CCNC(=NCc1nc(C(C)OCC)no1)NCC(c1cccc(OC)c1)N1CCCC1. The third-order valence-corrected chi connectivity index (χ3v) is 5.50. The fourth-order valence-electron chi connectivity index (χ4n) is 3.86. The first kappa shape index (κ1) is 24.0. The summed E-state index contributed by atoms with van der Waals surface area (Å²) in [5.41, 5.74) is 1.24. The Morgan fingerprint density at radius 1 is 1.25 bits per heavy atom. The van der Waals surface area contributed by atoms with Crippen molar-refractivity contribution in [1.82, 2.24) is 25.7 Å².